The summed E-state index contributed by atoms with van der Waals surface area (Å²) < 4.78 is 3.15. The Balaban J connectivity index is 2.38. The molecule has 0 saturated heterocycles. The van der Waals surface area contributed by atoms with Gasteiger partial charge < -0.3 is 5.32 Å². The Bertz CT molecular complexity index is 354. The lowest BCUT2D eigenvalue weighted by Crippen LogP contribution is -2.21. The van der Waals surface area contributed by atoms with E-state index in [0.29, 0.717) is 0 Å². The molecule has 0 radical (unpaired) electrons. The van der Waals surface area contributed by atoms with E-state index >= 15 is 0 Å². The molecule has 1 aromatic rings. The summed E-state index contributed by atoms with van der Waals surface area (Å²) in [6, 6.07) is 0. The van der Waals surface area contributed by atoms with Gasteiger partial charge in [0.1, 0.15) is 0 Å². The minimum absolute atomic E-state index is 0.922. The fraction of sp³-hybridized carbons (Fsp3) is 0.500. The van der Waals surface area contributed by atoms with Crippen LogP contribution in [0.15, 0.2) is 16.7 Å². The molecule has 4 heteroatoms. The summed E-state index contributed by atoms with van der Waals surface area (Å²) in [6.07, 6.45) is 5.21. The van der Waals surface area contributed by atoms with E-state index in [9.17, 15) is 0 Å². The summed E-state index contributed by atoms with van der Waals surface area (Å²) in [6.45, 7) is 5.07. The molecule has 76 valence electrons. The zero-order valence-corrected chi connectivity index (χ0v) is 9.84. The molecule has 0 spiro atoms. The Hall–Kier alpha value is -0.610. The average molecular weight is 256 g/mol. The molecule has 0 saturated carbocycles. The van der Waals surface area contributed by atoms with Crippen LogP contribution in [0.3, 0.4) is 0 Å². The monoisotopic (exact) mass is 255 g/mol. The van der Waals surface area contributed by atoms with E-state index in [0.717, 1.165) is 30.5 Å². The number of aromatic nitrogens is 2. The molecular weight excluding hydrogens is 242 g/mol. The highest BCUT2D eigenvalue weighted by Gasteiger charge is 2.13. The van der Waals surface area contributed by atoms with E-state index in [1.165, 1.54) is 11.3 Å². The predicted molar refractivity (Wildman–Crippen MR) is 61.1 cm³/mol. The van der Waals surface area contributed by atoms with Crippen LogP contribution in [0.1, 0.15) is 19.0 Å². The average Bonchev–Trinajstić information content (AvgIpc) is 2.61. The molecule has 2 rings (SSSR count). The van der Waals surface area contributed by atoms with Crippen LogP contribution >= 0.6 is 15.9 Å². The Kier molecular flexibility index (Phi) is 3.03. The van der Waals surface area contributed by atoms with Crippen molar-refractivity contribution in [1.29, 1.82) is 0 Å². The second kappa shape index (κ2) is 4.28. The summed E-state index contributed by atoms with van der Waals surface area (Å²) in [5.41, 5.74) is 2.64. The molecule has 0 aromatic carbocycles. The Morgan fingerprint density at radius 1 is 1.64 bits per heavy atom. The first-order chi connectivity index (χ1) is 6.83. The minimum atomic E-state index is 0.922. The molecule has 1 aliphatic rings. The maximum absolute atomic E-state index is 4.32. The lowest BCUT2D eigenvalue weighted by Gasteiger charge is -2.15. The molecule has 1 aliphatic heterocycles. The summed E-state index contributed by atoms with van der Waals surface area (Å²) >= 11 is 3.55. The number of aryl methyl sites for hydroxylation is 1. The second-order valence-electron chi connectivity index (χ2n) is 3.34. The van der Waals surface area contributed by atoms with E-state index < -0.39 is 0 Å². The van der Waals surface area contributed by atoms with E-state index in [1.54, 1.807) is 0 Å². The van der Waals surface area contributed by atoms with Gasteiger partial charge in [-0.25, -0.2) is 0 Å². The summed E-state index contributed by atoms with van der Waals surface area (Å²) in [5.74, 6) is 0. The third-order valence-electron chi connectivity index (χ3n) is 2.46. The van der Waals surface area contributed by atoms with Gasteiger partial charge in [0.2, 0.25) is 0 Å². The summed E-state index contributed by atoms with van der Waals surface area (Å²) in [4.78, 5) is 0. The molecule has 0 fully saturated rings. The number of hydrogen-bond donors (Lipinski definition) is 1. The molecule has 3 nitrogen and oxygen atoms in total. The van der Waals surface area contributed by atoms with Gasteiger partial charge >= 0.3 is 0 Å². The van der Waals surface area contributed by atoms with Crippen LogP contribution in [0.5, 0.6) is 0 Å². The maximum atomic E-state index is 4.32. The minimum Gasteiger partial charge on any atom is -0.313 e. The molecule has 1 N–H and O–H groups in total. The molecular formula is C10H14BrN3. The molecule has 0 aliphatic carbocycles. The number of nitrogens with one attached hydrogen (secondary N) is 1. The second-order valence-corrected chi connectivity index (χ2v) is 4.19. The van der Waals surface area contributed by atoms with Crippen LogP contribution < -0.4 is 5.32 Å². The van der Waals surface area contributed by atoms with Gasteiger partial charge in [0.05, 0.1) is 16.4 Å². The lowest BCUT2D eigenvalue weighted by atomic mass is 10.1. The first-order valence-electron chi connectivity index (χ1n) is 4.94. The highest BCUT2D eigenvalue weighted by molar-refractivity contribution is 9.10. The van der Waals surface area contributed by atoms with Gasteiger partial charge in [-0.3, -0.25) is 4.68 Å². The number of rotatable bonds is 2. The normalized spacial score (nSPS) is 16.9. The van der Waals surface area contributed by atoms with Crippen molar-refractivity contribution in [2.45, 2.75) is 19.9 Å². The Morgan fingerprint density at radius 2 is 2.50 bits per heavy atom. The van der Waals surface area contributed by atoms with E-state index in [4.69, 9.17) is 0 Å². The molecule has 0 atom stereocenters. The lowest BCUT2D eigenvalue weighted by molar-refractivity contribution is 0.642. The fourth-order valence-electron chi connectivity index (χ4n) is 1.76. The smallest absolute Gasteiger partial charge is 0.0781 e. The number of hydrogen-bond acceptors (Lipinski definition) is 2. The van der Waals surface area contributed by atoms with Gasteiger partial charge in [-0.15, -0.1) is 0 Å². The van der Waals surface area contributed by atoms with Crippen molar-refractivity contribution in [3.8, 4) is 0 Å². The van der Waals surface area contributed by atoms with Crippen LogP contribution in [0.25, 0.3) is 5.57 Å². The third kappa shape index (κ3) is 1.77. The predicted octanol–water partition coefficient (Wildman–Crippen LogP) is 2.04. The zero-order valence-electron chi connectivity index (χ0n) is 8.26. The van der Waals surface area contributed by atoms with Crippen molar-refractivity contribution in [3.05, 3.63) is 22.4 Å². The third-order valence-corrected chi connectivity index (χ3v) is 3.04. The molecule has 2 heterocycles. The van der Waals surface area contributed by atoms with Gasteiger partial charge in [-0.2, -0.15) is 5.10 Å². The number of nitrogens with zero attached hydrogens (tertiary/aromatic N) is 2. The van der Waals surface area contributed by atoms with Crippen LogP contribution in [0.4, 0.5) is 0 Å². The van der Waals surface area contributed by atoms with Crippen molar-refractivity contribution in [2.24, 2.45) is 0 Å². The Labute approximate surface area is 92.3 Å². The van der Waals surface area contributed by atoms with Gasteiger partial charge in [0.25, 0.3) is 0 Å². The quantitative estimate of drug-likeness (QED) is 0.877. The van der Waals surface area contributed by atoms with E-state index in [1.807, 2.05) is 10.9 Å². The first kappa shape index (κ1) is 9.93. The molecule has 0 amide bonds. The van der Waals surface area contributed by atoms with Crippen molar-refractivity contribution in [2.75, 3.05) is 13.1 Å². The fourth-order valence-corrected chi connectivity index (χ4v) is 2.31. The number of halogens is 1. The van der Waals surface area contributed by atoms with Crippen molar-refractivity contribution < 1.29 is 0 Å². The van der Waals surface area contributed by atoms with Gasteiger partial charge in [-0.1, -0.05) is 6.08 Å². The highest BCUT2D eigenvalue weighted by Crippen LogP contribution is 2.27. The highest BCUT2D eigenvalue weighted by atomic mass is 79.9. The van der Waals surface area contributed by atoms with Crippen molar-refractivity contribution in [3.63, 3.8) is 0 Å². The van der Waals surface area contributed by atoms with Crippen LogP contribution in [0.2, 0.25) is 0 Å². The van der Waals surface area contributed by atoms with Crippen molar-refractivity contribution >= 4 is 21.5 Å². The van der Waals surface area contributed by atoms with Crippen LogP contribution in [-0.2, 0) is 6.54 Å². The van der Waals surface area contributed by atoms with Crippen LogP contribution in [-0.4, -0.2) is 22.9 Å². The van der Waals surface area contributed by atoms with Gasteiger partial charge in [-0.05, 0) is 41.4 Å². The molecule has 0 unspecified atom stereocenters. The molecule has 1 aromatic heterocycles. The van der Waals surface area contributed by atoms with E-state index in [2.05, 4.69) is 39.3 Å². The standard InChI is InChI=1S/C10H14BrN3/c1-2-14-10(9(11)7-13-14)8-3-5-12-6-4-8/h3,7,12H,2,4-6H2,1H3. The van der Waals surface area contributed by atoms with Gasteiger partial charge in [0, 0.05) is 13.1 Å². The largest absolute Gasteiger partial charge is 0.313 e. The Morgan fingerprint density at radius 3 is 3.14 bits per heavy atom. The first-order valence-corrected chi connectivity index (χ1v) is 5.73. The topological polar surface area (TPSA) is 29.9 Å². The summed E-state index contributed by atoms with van der Waals surface area (Å²) in [7, 11) is 0. The van der Waals surface area contributed by atoms with Crippen molar-refractivity contribution in [1.82, 2.24) is 15.1 Å². The molecule has 0 bridgehead atoms. The maximum Gasteiger partial charge on any atom is 0.0781 e. The van der Waals surface area contributed by atoms with E-state index in [-0.39, 0.29) is 0 Å². The molecule has 14 heavy (non-hydrogen) atoms. The van der Waals surface area contributed by atoms with Crippen LogP contribution in [0, 0.1) is 0 Å². The summed E-state index contributed by atoms with van der Waals surface area (Å²) in [5, 5.41) is 7.63. The zero-order chi connectivity index (χ0) is 9.97. The van der Waals surface area contributed by atoms with Gasteiger partial charge in [0.15, 0.2) is 0 Å². The SMILES string of the molecule is CCn1ncc(Br)c1C1=CCNCC1.